The van der Waals surface area contributed by atoms with Crippen LogP contribution in [-0.2, 0) is 5.75 Å². The van der Waals surface area contributed by atoms with E-state index >= 15 is 0 Å². The fraction of sp³-hybridized carbons (Fsp3) is 0.286. The first-order valence-corrected chi connectivity index (χ1v) is 4.78. The summed E-state index contributed by atoms with van der Waals surface area (Å²) in [6.07, 6.45) is 0. The van der Waals surface area contributed by atoms with E-state index in [0.717, 1.165) is 11.8 Å². The standard InChI is InChI=1S/C7H10N4O2S/c1-3-4(2-14-6(8)9)10-7(13)11-5(3)12/h2H2,1H3,(H3,8,9)(H2,10,11,12,13). The molecule has 0 aliphatic heterocycles. The Balaban J connectivity index is 3.03. The van der Waals surface area contributed by atoms with Crippen LogP contribution in [0, 0.1) is 12.3 Å². The number of aromatic nitrogens is 2. The SMILES string of the molecule is Cc1c(CSC(=N)N)[nH]c(=O)[nH]c1=O. The van der Waals surface area contributed by atoms with E-state index < -0.39 is 11.2 Å². The number of amidine groups is 1. The van der Waals surface area contributed by atoms with Crippen LogP contribution in [0.1, 0.15) is 11.3 Å². The topological polar surface area (TPSA) is 116 Å². The van der Waals surface area contributed by atoms with Crippen LogP contribution < -0.4 is 17.0 Å². The van der Waals surface area contributed by atoms with Gasteiger partial charge in [0.2, 0.25) is 0 Å². The van der Waals surface area contributed by atoms with Crippen LogP contribution in [-0.4, -0.2) is 15.1 Å². The lowest BCUT2D eigenvalue weighted by atomic mass is 10.3. The molecule has 0 aliphatic carbocycles. The van der Waals surface area contributed by atoms with Gasteiger partial charge in [-0.25, -0.2) is 4.79 Å². The quantitative estimate of drug-likeness (QED) is 0.392. The normalized spacial score (nSPS) is 10.1. The van der Waals surface area contributed by atoms with Gasteiger partial charge in [-0.3, -0.25) is 15.2 Å². The maximum Gasteiger partial charge on any atom is 0.325 e. The van der Waals surface area contributed by atoms with Crippen LogP contribution in [0.4, 0.5) is 0 Å². The Morgan fingerprint density at radius 1 is 1.50 bits per heavy atom. The van der Waals surface area contributed by atoms with Crippen molar-refractivity contribution in [3.8, 4) is 0 Å². The average molecular weight is 214 g/mol. The highest BCUT2D eigenvalue weighted by atomic mass is 32.2. The van der Waals surface area contributed by atoms with Gasteiger partial charge >= 0.3 is 5.69 Å². The lowest BCUT2D eigenvalue weighted by molar-refractivity contribution is 0.956. The second-order valence-corrected chi connectivity index (χ2v) is 3.68. The molecule has 0 saturated heterocycles. The van der Waals surface area contributed by atoms with Gasteiger partial charge in [-0.05, 0) is 6.92 Å². The number of nitrogens with two attached hydrogens (primary N) is 1. The number of hydrogen-bond acceptors (Lipinski definition) is 4. The number of thioether (sulfide) groups is 1. The van der Waals surface area contributed by atoms with E-state index in [9.17, 15) is 9.59 Å². The monoisotopic (exact) mass is 214 g/mol. The lowest BCUT2D eigenvalue weighted by Crippen LogP contribution is -2.26. The third-order valence-electron chi connectivity index (χ3n) is 1.66. The van der Waals surface area contributed by atoms with Gasteiger partial charge in [0.05, 0.1) is 0 Å². The zero-order valence-electron chi connectivity index (χ0n) is 7.51. The van der Waals surface area contributed by atoms with E-state index in [2.05, 4.69) is 9.97 Å². The van der Waals surface area contributed by atoms with Crippen LogP contribution in [0.3, 0.4) is 0 Å². The number of rotatable bonds is 2. The zero-order valence-corrected chi connectivity index (χ0v) is 8.33. The van der Waals surface area contributed by atoms with Gasteiger partial charge in [0.15, 0.2) is 5.17 Å². The van der Waals surface area contributed by atoms with Crippen molar-refractivity contribution in [3.05, 3.63) is 32.1 Å². The highest BCUT2D eigenvalue weighted by Gasteiger charge is 2.04. The Labute approximate surface area is 83.4 Å². The van der Waals surface area contributed by atoms with E-state index in [4.69, 9.17) is 11.1 Å². The fourth-order valence-corrected chi connectivity index (χ4v) is 1.48. The van der Waals surface area contributed by atoms with Gasteiger partial charge < -0.3 is 10.7 Å². The molecule has 0 spiro atoms. The zero-order chi connectivity index (χ0) is 10.7. The van der Waals surface area contributed by atoms with E-state index in [0.29, 0.717) is 17.0 Å². The molecule has 0 saturated carbocycles. The molecule has 1 heterocycles. The fourth-order valence-electron chi connectivity index (χ4n) is 0.890. The predicted molar refractivity (Wildman–Crippen MR) is 55.6 cm³/mol. The first-order valence-electron chi connectivity index (χ1n) is 3.79. The van der Waals surface area contributed by atoms with Crippen LogP contribution >= 0.6 is 11.8 Å². The largest absolute Gasteiger partial charge is 0.379 e. The summed E-state index contributed by atoms with van der Waals surface area (Å²) in [5.41, 5.74) is 5.13. The first-order chi connectivity index (χ1) is 6.50. The molecule has 0 fully saturated rings. The van der Waals surface area contributed by atoms with Crippen molar-refractivity contribution in [2.75, 3.05) is 0 Å². The van der Waals surface area contributed by atoms with Crippen molar-refractivity contribution in [2.24, 2.45) is 5.73 Å². The Kier molecular flexibility index (Phi) is 3.13. The Hall–Kier alpha value is -1.50. The smallest absolute Gasteiger partial charge is 0.325 e. The van der Waals surface area contributed by atoms with Gasteiger partial charge in [0, 0.05) is 17.0 Å². The summed E-state index contributed by atoms with van der Waals surface area (Å²) in [6.45, 7) is 1.60. The number of hydrogen-bond donors (Lipinski definition) is 4. The summed E-state index contributed by atoms with van der Waals surface area (Å²) in [4.78, 5) is 26.6. The summed E-state index contributed by atoms with van der Waals surface area (Å²) in [5.74, 6) is 0.320. The van der Waals surface area contributed by atoms with E-state index in [1.165, 1.54) is 0 Å². The molecule has 0 aromatic carbocycles. The summed E-state index contributed by atoms with van der Waals surface area (Å²) in [5, 5.41) is 6.93. The molecule has 0 radical (unpaired) electrons. The lowest BCUT2D eigenvalue weighted by Gasteiger charge is -2.02. The van der Waals surface area contributed by atoms with Gasteiger partial charge in [-0.1, -0.05) is 11.8 Å². The average Bonchev–Trinajstić information content (AvgIpc) is 2.08. The number of nitrogens with one attached hydrogen (secondary N) is 3. The summed E-state index contributed by atoms with van der Waals surface area (Å²) in [7, 11) is 0. The molecule has 0 bridgehead atoms. The summed E-state index contributed by atoms with van der Waals surface area (Å²) in [6, 6.07) is 0. The molecular weight excluding hydrogens is 204 g/mol. The maximum absolute atomic E-state index is 11.1. The van der Waals surface area contributed by atoms with Gasteiger partial charge in [-0.15, -0.1) is 0 Å². The molecule has 0 atom stereocenters. The molecule has 0 unspecified atom stereocenters. The second kappa shape index (κ2) is 4.14. The minimum atomic E-state index is -0.542. The van der Waals surface area contributed by atoms with Gasteiger partial charge in [0.1, 0.15) is 0 Å². The minimum absolute atomic E-state index is 0.0504. The third-order valence-corrected chi connectivity index (χ3v) is 2.40. The van der Waals surface area contributed by atoms with Crippen LogP contribution in [0.25, 0.3) is 0 Å². The van der Waals surface area contributed by atoms with Crippen molar-refractivity contribution in [1.29, 1.82) is 5.41 Å². The van der Waals surface area contributed by atoms with Crippen LogP contribution in [0.5, 0.6) is 0 Å². The minimum Gasteiger partial charge on any atom is -0.379 e. The highest BCUT2D eigenvalue weighted by molar-refractivity contribution is 8.13. The van der Waals surface area contributed by atoms with E-state index in [1.807, 2.05) is 0 Å². The van der Waals surface area contributed by atoms with Crippen molar-refractivity contribution in [3.63, 3.8) is 0 Å². The molecule has 7 heteroatoms. The van der Waals surface area contributed by atoms with E-state index in [1.54, 1.807) is 6.92 Å². The summed E-state index contributed by atoms with van der Waals surface area (Å²) < 4.78 is 0. The van der Waals surface area contributed by atoms with Crippen LogP contribution in [0.15, 0.2) is 9.59 Å². The highest BCUT2D eigenvalue weighted by Crippen LogP contribution is 2.08. The van der Waals surface area contributed by atoms with Crippen molar-refractivity contribution in [1.82, 2.24) is 9.97 Å². The molecule has 76 valence electrons. The molecule has 1 aromatic heterocycles. The molecule has 14 heavy (non-hydrogen) atoms. The number of aromatic amines is 2. The molecule has 1 aromatic rings. The maximum atomic E-state index is 11.1. The Morgan fingerprint density at radius 2 is 2.14 bits per heavy atom. The van der Waals surface area contributed by atoms with E-state index in [-0.39, 0.29) is 5.17 Å². The summed E-state index contributed by atoms with van der Waals surface area (Å²) >= 11 is 1.05. The Bertz CT molecular complexity index is 461. The predicted octanol–water partition coefficient (Wildman–Crippen LogP) is -0.502. The van der Waals surface area contributed by atoms with Crippen molar-refractivity contribution in [2.45, 2.75) is 12.7 Å². The van der Waals surface area contributed by atoms with Crippen molar-refractivity contribution >= 4 is 16.9 Å². The first kappa shape index (κ1) is 10.6. The molecule has 5 N–H and O–H groups in total. The van der Waals surface area contributed by atoms with Crippen molar-refractivity contribution < 1.29 is 0 Å². The van der Waals surface area contributed by atoms with Crippen LogP contribution in [0.2, 0.25) is 0 Å². The van der Waals surface area contributed by atoms with Gasteiger partial charge in [-0.2, -0.15) is 0 Å². The number of H-pyrrole nitrogens is 2. The Morgan fingerprint density at radius 3 is 2.71 bits per heavy atom. The molecule has 0 aliphatic rings. The molecule has 6 nitrogen and oxygen atoms in total. The molecule has 0 amide bonds. The molecule has 1 rings (SSSR count). The second-order valence-electron chi connectivity index (χ2n) is 2.66. The molecular formula is C7H10N4O2S. The third kappa shape index (κ3) is 2.49. The van der Waals surface area contributed by atoms with Gasteiger partial charge in [0.25, 0.3) is 5.56 Å².